The molecule has 1 heterocycles. The summed E-state index contributed by atoms with van der Waals surface area (Å²) in [7, 11) is 1.59. The highest BCUT2D eigenvalue weighted by molar-refractivity contribution is 5.85. The normalized spacial score (nSPS) is 14.4. The molecule has 1 aromatic heterocycles. The van der Waals surface area contributed by atoms with Crippen molar-refractivity contribution in [1.82, 2.24) is 15.3 Å². The lowest BCUT2D eigenvalue weighted by atomic mass is 9.97. The summed E-state index contributed by atoms with van der Waals surface area (Å²) >= 11 is 0. The van der Waals surface area contributed by atoms with E-state index in [9.17, 15) is 4.79 Å². The predicted octanol–water partition coefficient (Wildman–Crippen LogP) is -0.587. The number of primary amides is 1. The Morgan fingerprint density at radius 1 is 1.62 bits per heavy atom. The Bertz CT molecular complexity index is 344. The predicted molar refractivity (Wildman–Crippen MR) is 58.5 cm³/mol. The third-order valence-corrected chi connectivity index (χ3v) is 2.35. The zero-order valence-electron chi connectivity index (χ0n) is 9.43. The maximum absolute atomic E-state index is 11.5. The Balaban J connectivity index is 2.85. The van der Waals surface area contributed by atoms with Gasteiger partial charge in [0, 0.05) is 26.0 Å². The van der Waals surface area contributed by atoms with Crippen LogP contribution < -0.4 is 11.1 Å². The van der Waals surface area contributed by atoms with Crippen LogP contribution in [0.3, 0.4) is 0 Å². The minimum absolute atomic E-state index is 0.489. The Hall–Kier alpha value is -1.53. The van der Waals surface area contributed by atoms with Crippen LogP contribution in [0.4, 0.5) is 0 Å². The van der Waals surface area contributed by atoms with E-state index >= 15 is 0 Å². The molecule has 0 saturated carbocycles. The van der Waals surface area contributed by atoms with Crippen LogP contribution in [0, 0.1) is 0 Å². The van der Waals surface area contributed by atoms with Crippen molar-refractivity contribution in [3.05, 3.63) is 24.3 Å². The standard InChI is InChI=1S/C10H16N4O2/c1-10(9(11)15,14-5-6-16-2)8-7-12-3-4-13-8/h3-4,7,14H,5-6H2,1-2H3,(H2,11,15). The summed E-state index contributed by atoms with van der Waals surface area (Å²) in [5.41, 5.74) is 4.85. The van der Waals surface area contributed by atoms with Crippen molar-refractivity contribution in [2.45, 2.75) is 12.5 Å². The van der Waals surface area contributed by atoms with E-state index in [4.69, 9.17) is 10.5 Å². The van der Waals surface area contributed by atoms with Crippen molar-refractivity contribution in [3.63, 3.8) is 0 Å². The van der Waals surface area contributed by atoms with Crippen LogP contribution in [0.2, 0.25) is 0 Å². The number of aromatic nitrogens is 2. The molecule has 1 atom stereocenters. The highest BCUT2D eigenvalue weighted by Crippen LogP contribution is 2.16. The third-order valence-electron chi connectivity index (χ3n) is 2.35. The van der Waals surface area contributed by atoms with Crippen molar-refractivity contribution in [2.24, 2.45) is 5.73 Å². The molecule has 0 fully saturated rings. The molecule has 0 bridgehead atoms. The second-order valence-electron chi connectivity index (χ2n) is 3.50. The fourth-order valence-corrected chi connectivity index (χ4v) is 1.26. The Morgan fingerprint density at radius 2 is 2.38 bits per heavy atom. The summed E-state index contributed by atoms with van der Waals surface area (Å²) in [5, 5.41) is 3.01. The first kappa shape index (κ1) is 12.5. The van der Waals surface area contributed by atoms with Gasteiger partial charge in [0.2, 0.25) is 5.91 Å². The highest BCUT2D eigenvalue weighted by Gasteiger charge is 2.34. The summed E-state index contributed by atoms with van der Waals surface area (Å²) in [4.78, 5) is 19.5. The molecule has 1 aromatic rings. The van der Waals surface area contributed by atoms with Crippen LogP contribution in [0.1, 0.15) is 12.6 Å². The fourth-order valence-electron chi connectivity index (χ4n) is 1.26. The number of methoxy groups -OCH3 is 1. The van der Waals surface area contributed by atoms with Crippen LogP contribution in [0.25, 0.3) is 0 Å². The number of rotatable bonds is 6. The third kappa shape index (κ3) is 2.74. The first-order valence-electron chi connectivity index (χ1n) is 4.91. The summed E-state index contributed by atoms with van der Waals surface area (Å²) < 4.78 is 4.90. The Morgan fingerprint density at radius 3 is 2.88 bits per heavy atom. The first-order valence-corrected chi connectivity index (χ1v) is 4.91. The van der Waals surface area contributed by atoms with Crippen molar-refractivity contribution in [2.75, 3.05) is 20.3 Å². The number of carbonyl (C=O) groups is 1. The van der Waals surface area contributed by atoms with Gasteiger partial charge in [-0.1, -0.05) is 0 Å². The van der Waals surface area contributed by atoms with Gasteiger partial charge in [0.25, 0.3) is 0 Å². The maximum Gasteiger partial charge on any atom is 0.243 e. The molecule has 0 aliphatic heterocycles. The number of nitrogens with one attached hydrogen (secondary N) is 1. The molecule has 16 heavy (non-hydrogen) atoms. The molecule has 0 aliphatic rings. The summed E-state index contributed by atoms with van der Waals surface area (Å²) in [6.07, 6.45) is 4.58. The summed E-state index contributed by atoms with van der Waals surface area (Å²) in [6.45, 7) is 2.67. The molecule has 0 aliphatic carbocycles. The van der Waals surface area contributed by atoms with Crippen LogP contribution >= 0.6 is 0 Å². The van der Waals surface area contributed by atoms with Gasteiger partial charge >= 0.3 is 0 Å². The second kappa shape index (κ2) is 5.53. The summed E-state index contributed by atoms with van der Waals surface area (Å²) in [6, 6.07) is 0. The topological polar surface area (TPSA) is 90.1 Å². The SMILES string of the molecule is COCCNC(C)(C(N)=O)c1cnccn1. The Kier molecular flexibility index (Phi) is 4.33. The van der Waals surface area contributed by atoms with E-state index < -0.39 is 11.4 Å². The number of nitrogens with two attached hydrogens (primary N) is 1. The van der Waals surface area contributed by atoms with Crippen LogP contribution in [-0.2, 0) is 15.1 Å². The van der Waals surface area contributed by atoms with Gasteiger partial charge in [-0.3, -0.25) is 20.1 Å². The van der Waals surface area contributed by atoms with Gasteiger partial charge in [-0.25, -0.2) is 0 Å². The molecule has 88 valence electrons. The fraction of sp³-hybridized carbons (Fsp3) is 0.500. The van der Waals surface area contributed by atoms with Gasteiger partial charge in [-0.15, -0.1) is 0 Å². The lowest BCUT2D eigenvalue weighted by Gasteiger charge is -2.26. The van der Waals surface area contributed by atoms with E-state index in [0.29, 0.717) is 18.8 Å². The van der Waals surface area contributed by atoms with Crippen LogP contribution in [-0.4, -0.2) is 36.1 Å². The summed E-state index contributed by atoms with van der Waals surface area (Å²) in [5.74, 6) is -0.496. The molecular weight excluding hydrogens is 208 g/mol. The molecule has 6 heteroatoms. The van der Waals surface area contributed by atoms with Gasteiger partial charge in [0.05, 0.1) is 18.5 Å². The molecule has 0 radical (unpaired) electrons. The van der Waals surface area contributed by atoms with Crippen molar-refractivity contribution < 1.29 is 9.53 Å². The van der Waals surface area contributed by atoms with E-state index in [1.54, 1.807) is 20.2 Å². The van der Waals surface area contributed by atoms with Crippen LogP contribution in [0.5, 0.6) is 0 Å². The lowest BCUT2D eigenvalue weighted by molar-refractivity contribution is -0.124. The van der Waals surface area contributed by atoms with Gasteiger partial charge in [0.1, 0.15) is 5.54 Å². The molecular formula is C10H16N4O2. The van der Waals surface area contributed by atoms with Crippen molar-refractivity contribution in [1.29, 1.82) is 0 Å². The zero-order chi connectivity index (χ0) is 12.0. The molecule has 3 N–H and O–H groups in total. The lowest BCUT2D eigenvalue weighted by Crippen LogP contribution is -2.51. The quantitative estimate of drug-likeness (QED) is 0.630. The largest absolute Gasteiger partial charge is 0.383 e. The maximum atomic E-state index is 11.5. The number of ether oxygens (including phenoxy) is 1. The molecule has 6 nitrogen and oxygen atoms in total. The van der Waals surface area contributed by atoms with E-state index in [1.807, 2.05) is 0 Å². The molecule has 1 amide bonds. The number of hydrogen-bond donors (Lipinski definition) is 2. The number of carbonyl (C=O) groups excluding carboxylic acids is 1. The Labute approximate surface area is 94.2 Å². The smallest absolute Gasteiger partial charge is 0.243 e. The monoisotopic (exact) mass is 224 g/mol. The second-order valence-corrected chi connectivity index (χ2v) is 3.50. The number of nitrogens with zero attached hydrogens (tertiary/aromatic N) is 2. The zero-order valence-corrected chi connectivity index (χ0v) is 9.43. The molecule has 1 unspecified atom stereocenters. The number of hydrogen-bond acceptors (Lipinski definition) is 5. The van der Waals surface area contributed by atoms with E-state index in [2.05, 4.69) is 15.3 Å². The average Bonchev–Trinajstić information content (AvgIpc) is 2.30. The van der Waals surface area contributed by atoms with Crippen molar-refractivity contribution >= 4 is 5.91 Å². The van der Waals surface area contributed by atoms with Gasteiger partial charge in [-0.2, -0.15) is 0 Å². The van der Waals surface area contributed by atoms with Crippen LogP contribution in [0.15, 0.2) is 18.6 Å². The number of amides is 1. The molecule has 0 saturated heterocycles. The van der Waals surface area contributed by atoms with Gasteiger partial charge in [0.15, 0.2) is 0 Å². The van der Waals surface area contributed by atoms with Gasteiger partial charge in [-0.05, 0) is 6.92 Å². The molecule has 0 spiro atoms. The first-order chi connectivity index (χ1) is 7.61. The minimum Gasteiger partial charge on any atom is -0.383 e. The average molecular weight is 224 g/mol. The van der Waals surface area contributed by atoms with Crippen molar-refractivity contribution in [3.8, 4) is 0 Å². The molecule has 0 aromatic carbocycles. The van der Waals surface area contributed by atoms with Gasteiger partial charge < -0.3 is 10.5 Å². The highest BCUT2D eigenvalue weighted by atomic mass is 16.5. The van der Waals surface area contributed by atoms with E-state index in [1.165, 1.54) is 12.4 Å². The molecule has 1 rings (SSSR count). The van der Waals surface area contributed by atoms with E-state index in [0.717, 1.165) is 0 Å². The minimum atomic E-state index is -1.02. The van der Waals surface area contributed by atoms with E-state index in [-0.39, 0.29) is 0 Å².